The van der Waals surface area contributed by atoms with E-state index >= 15 is 0 Å². The maximum atomic E-state index is 12.6. The molecule has 138 valence electrons. The van der Waals surface area contributed by atoms with E-state index in [2.05, 4.69) is 30.6 Å². The largest absolute Gasteiger partial charge is 0.379 e. The minimum atomic E-state index is -0.0524. The Morgan fingerprint density at radius 2 is 1.96 bits per heavy atom. The van der Waals surface area contributed by atoms with E-state index in [1.54, 1.807) is 11.0 Å². The Bertz CT molecular complexity index is 714. The standard InChI is InChI=1S/C16H22N8O2/c25-16(21-23-6-8-26-9-7-23)13-2-1-5-22(10-13)14-3-4-15(20-19-14)24-12-17-11-18-24/h3-4,11-13H,1-2,5-10H2,(H,21,25). The molecule has 4 rings (SSSR count). The van der Waals surface area contributed by atoms with Crippen molar-refractivity contribution in [2.24, 2.45) is 5.92 Å². The second kappa shape index (κ2) is 7.75. The summed E-state index contributed by atoms with van der Waals surface area (Å²) < 4.78 is 6.87. The van der Waals surface area contributed by atoms with Gasteiger partial charge in [-0.25, -0.2) is 14.7 Å². The molecular formula is C16H22N8O2. The Morgan fingerprint density at radius 3 is 2.69 bits per heavy atom. The summed E-state index contributed by atoms with van der Waals surface area (Å²) in [7, 11) is 0. The summed E-state index contributed by atoms with van der Waals surface area (Å²) >= 11 is 0. The van der Waals surface area contributed by atoms with Gasteiger partial charge in [0, 0.05) is 26.2 Å². The minimum Gasteiger partial charge on any atom is -0.379 e. The van der Waals surface area contributed by atoms with Gasteiger partial charge in [-0.3, -0.25) is 10.2 Å². The summed E-state index contributed by atoms with van der Waals surface area (Å²) in [4.78, 5) is 18.6. The van der Waals surface area contributed by atoms with Crippen molar-refractivity contribution in [2.75, 3.05) is 44.3 Å². The third kappa shape index (κ3) is 3.81. The average Bonchev–Trinajstić information content (AvgIpc) is 3.24. The maximum Gasteiger partial charge on any atom is 0.239 e. The molecule has 1 amide bonds. The molecule has 2 aromatic heterocycles. The van der Waals surface area contributed by atoms with Crippen LogP contribution in [0.5, 0.6) is 0 Å². The summed E-state index contributed by atoms with van der Waals surface area (Å²) in [6, 6.07) is 3.76. The number of nitrogens with zero attached hydrogens (tertiary/aromatic N) is 7. The summed E-state index contributed by atoms with van der Waals surface area (Å²) in [5.74, 6) is 1.41. The van der Waals surface area contributed by atoms with E-state index < -0.39 is 0 Å². The second-order valence-corrected chi connectivity index (χ2v) is 6.45. The highest BCUT2D eigenvalue weighted by molar-refractivity contribution is 5.79. The van der Waals surface area contributed by atoms with Crippen molar-refractivity contribution in [1.82, 2.24) is 35.4 Å². The highest BCUT2D eigenvalue weighted by atomic mass is 16.5. The fraction of sp³-hybridized carbons (Fsp3) is 0.562. The van der Waals surface area contributed by atoms with Crippen LogP contribution in [-0.4, -0.2) is 75.3 Å². The van der Waals surface area contributed by atoms with Crippen molar-refractivity contribution in [3.05, 3.63) is 24.8 Å². The number of nitrogens with one attached hydrogen (secondary N) is 1. The van der Waals surface area contributed by atoms with E-state index in [1.807, 2.05) is 17.1 Å². The zero-order chi connectivity index (χ0) is 17.8. The summed E-state index contributed by atoms with van der Waals surface area (Å²) in [5, 5.41) is 14.5. The first-order valence-corrected chi connectivity index (χ1v) is 8.86. The molecule has 1 N–H and O–H groups in total. The number of morpholine rings is 1. The third-order valence-electron chi connectivity index (χ3n) is 4.69. The molecule has 10 heteroatoms. The predicted molar refractivity (Wildman–Crippen MR) is 92.4 cm³/mol. The third-order valence-corrected chi connectivity index (χ3v) is 4.69. The lowest BCUT2D eigenvalue weighted by Crippen LogP contribution is -2.52. The number of rotatable bonds is 4. The van der Waals surface area contributed by atoms with Gasteiger partial charge in [0.2, 0.25) is 5.91 Å². The number of amides is 1. The van der Waals surface area contributed by atoms with Crippen molar-refractivity contribution in [3.8, 4) is 5.82 Å². The van der Waals surface area contributed by atoms with Crippen molar-refractivity contribution in [2.45, 2.75) is 12.8 Å². The molecule has 1 unspecified atom stereocenters. The van der Waals surface area contributed by atoms with Crippen LogP contribution in [0.4, 0.5) is 5.82 Å². The molecule has 0 radical (unpaired) electrons. The summed E-state index contributed by atoms with van der Waals surface area (Å²) in [6.07, 6.45) is 4.87. The van der Waals surface area contributed by atoms with Gasteiger partial charge in [0.05, 0.1) is 19.1 Å². The lowest BCUT2D eigenvalue weighted by molar-refractivity contribution is -0.132. The lowest BCUT2D eigenvalue weighted by atomic mass is 9.97. The zero-order valence-electron chi connectivity index (χ0n) is 14.5. The van der Waals surface area contributed by atoms with E-state index in [4.69, 9.17) is 4.74 Å². The van der Waals surface area contributed by atoms with Gasteiger partial charge in [0.25, 0.3) is 0 Å². The Balaban J connectivity index is 1.37. The van der Waals surface area contributed by atoms with Crippen molar-refractivity contribution in [3.63, 3.8) is 0 Å². The molecule has 26 heavy (non-hydrogen) atoms. The van der Waals surface area contributed by atoms with Gasteiger partial charge in [-0.05, 0) is 25.0 Å². The fourth-order valence-corrected chi connectivity index (χ4v) is 3.26. The van der Waals surface area contributed by atoms with Crippen LogP contribution in [-0.2, 0) is 9.53 Å². The van der Waals surface area contributed by atoms with Gasteiger partial charge >= 0.3 is 0 Å². The molecule has 0 saturated carbocycles. The van der Waals surface area contributed by atoms with Crippen LogP contribution >= 0.6 is 0 Å². The highest BCUT2D eigenvalue weighted by Crippen LogP contribution is 2.22. The van der Waals surface area contributed by atoms with E-state index in [1.165, 1.54) is 6.33 Å². The predicted octanol–water partition coefficient (Wildman–Crippen LogP) is -0.363. The first-order chi connectivity index (χ1) is 12.8. The first kappa shape index (κ1) is 16.9. The molecule has 0 aromatic carbocycles. The van der Waals surface area contributed by atoms with Gasteiger partial charge in [-0.1, -0.05) is 0 Å². The Kier molecular flexibility index (Phi) is 5.02. The van der Waals surface area contributed by atoms with Gasteiger partial charge in [-0.15, -0.1) is 10.2 Å². The molecule has 0 spiro atoms. The molecule has 2 fully saturated rings. The van der Waals surface area contributed by atoms with Crippen LogP contribution in [0.3, 0.4) is 0 Å². The summed E-state index contributed by atoms with van der Waals surface area (Å²) in [5.41, 5.74) is 3.02. The van der Waals surface area contributed by atoms with Gasteiger partial charge in [0.15, 0.2) is 11.6 Å². The fourth-order valence-electron chi connectivity index (χ4n) is 3.26. The normalized spacial score (nSPS) is 21.5. The molecule has 2 aliphatic heterocycles. The van der Waals surface area contributed by atoms with E-state index in [-0.39, 0.29) is 11.8 Å². The van der Waals surface area contributed by atoms with Gasteiger partial charge < -0.3 is 9.64 Å². The number of carbonyl (C=O) groups excluding carboxylic acids is 1. The molecule has 4 heterocycles. The minimum absolute atomic E-state index is 0.0524. The van der Waals surface area contributed by atoms with Crippen molar-refractivity contribution in [1.29, 1.82) is 0 Å². The zero-order valence-corrected chi connectivity index (χ0v) is 14.5. The number of ether oxygens (including phenoxy) is 1. The molecular weight excluding hydrogens is 336 g/mol. The maximum absolute atomic E-state index is 12.6. The van der Waals surface area contributed by atoms with E-state index in [0.717, 1.165) is 38.3 Å². The quantitative estimate of drug-likeness (QED) is 0.791. The number of anilines is 1. The molecule has 2 aliphatic rings. The molecule has 2 saturated heterocycles. The lowest BCUT2D eigenvalue weighted by Gasteiger charge is -2.34. The number of hydrazine groups is 1. The molecule has 0 bridgehead atoms. The average molecular weight is 358 g/mol. The number of hydrogen-bond donors (Lipinski definition) is 1. The highest BCUT2D eigenvalue weighted by Gasteiger charge is 2.28. The second-order valence-electron chi connectivity index (χ2n) is 6.45. The molecule has 0 aliphatic carbocycles. The number of carbonyl (C=O) groups is 1. The SMILES string of the molecule is O=C(NN1CCOCC1)C1CCCN(c2ccc(-n3cncn3)nn2)C1. The first-order valence-electron chi connectivity index (χ1n) is 8.86. The number of aromatic nitrogens is 5. The van der Waals surface area contributed by atoms with E-state index in [0.29, 0.717) is 25.6 Å². The van der Waals surface area contributed by atoms with Crippen LogP contribution in [0.25, 0.3) is 5.82 Å². The molecule has 10 nitrogen and oxygen atoms in total. The van der Waals surface area contributed by atoms with Crippen molar-refractivity contribution < 1.29 is 9.53 Å². The monoisotopic (exact) mass is 358 g/mol. The molecule has 2 aromatic rings. The Morgan fingerprint density at radius 1 is 1.15 bits per heavy atom. The smallest absolute Gasteiger partial charge is 0.239 e. The van der Waals surface area contributed by atoms with Gasteiger partial charge in [0.1, 0.15) is 12.7 Å². The molecule has 1 atom stereocenters. The topological polar surface area (TPSA) is 101 Å². The van der Waals surface area contributed by atoms with Crippen LogP contribution in [0, 0.1) is 5.92 Å². The van der Waals surface area contributed by atoms with Crippen molar-refractivity contribution >= 4 is 11.7 Å². The van der Waals surface area contributed by atoms with Crippen LogP contribution in [0.15, 0.2) is 24.8 Å². The van der Waals surface area contributed by atoms with Crippen LogP contribution in [0.2, 0.25) is 0 Å². The number of hydrogen-bond acceptors (Lipinski definition) is 8. The number of piperidine rings is 1. The van der Waals surface area contributed by atoms with Gasteiger partial charge in [-0.2, -0.15) is 5.10 Å². The Hall–Kier alpha value is -2.59. The van der Waals surface area contributed by atoms with Crippen LogP contribution < -0.4 is 10.3 Å². The van der Waals surface area contributed by atoms with E-state index in [9.17, 15) is 4.79 Å². The Labute approximate surface area is 151 Å². The van der Waals surface area contributed by atoms with Crippen LogP contribution in [0.1, 0.15) is 12.8 Å². The summed E-state index contributed by atoms with van der Waals surface area (Å²) in [6.45, 7) is 4.30.